The number of halogens is 6. The van der Waals surface area contributed by atoms with Crippen LogP contribution in [0.25, 0.3) is 0 Å². The predicted molar refractivity (Wildman–Crippen MR) is 225 cm³/mol. The van der Waals surface area contributed by atoms with E-state index in [-0.39, 0.29) is 61.6 Å². The minimum absolute atomic E-state index is 0.214. The first-order valence-corrected chi connectivity index (χ1v) is 38.8. The van der Waals surface area contributed by atoms with E-state index in [0.29, 0.717) is 0 Å². The molecule has 0 aromatic rings. The van der Waals surface area contributed by atoms with Crippen molar-refractivity contribution < 1.29 is 71.5 Å². The van der Waals surface area contributed by atoms with Crippen molar-refractivity contribution in [2.45, 2.75) is 0 Å². The van der Waals surface area contributed by atoms with Crippen molar-refractivity contribution in [2.24, 2.45) is 0 Å². The Kier molecular flexibility index (Phi) is 19.7. The molecule has 0 rings (SSSR count). The van der Waals surface area contributed by atoms with E-state index in [1.807, 2.05) is 0 Å². The average molecular weight is 973 g/mol. The average Bonchev–Trinajstić information content (AvgIpc) is 3.18. The van der Waals surface area contributed by atoms with Crippen LogP contribution >= 0.6 is 103 Å². The quantitative estimate of drug-likeness (QED) is 0.0480. The summed E-state index contributed by atoms with van der Waals surface area (Å²) in [5, 5.41) is 145. The Bertz CT molecular complexity index is 930. The zero-order chi connectivity index (χ0) is 39.7. The molecule has 0 aliphatic carbocycles. The molecule has 26 heteroatoms. The van der Waals surface area contributed by atoms with E-state index >= 15 is 0 Å². The van der Waals surface area contributed by atoms with E-state index in [0.717, 1.165) is 0 Å². The van der Waals surface area contributed by atoms with Crippen molar-refractivity contribution in [1.82, 2.24) is 0 Å². The van der Waals surface area contributed by atoms with Gasteiger partial charge >= 0.3 is 325 Å². The molecule has 0 heterocycles. The van der Waals surface area contributed by atoms with Crippen LogP contribution in [0.4, 0.5) is 0 Å². The second-order valence-corrected chi connectivity index (χ2v) is 62.6. The van der Waals surface area contributed by atoms with Crippen LogP contribution in [0.3, 0.4) is 0 Å². The van der Waals surface area contributed by atoms with E-state index in [2.05, 4.69) is 0 Å². The second-order valence-electron chi connectivity index (χ2n) is 15.1. The molecule has 0 aliphatic rings. The van der Waals surface area contributed by atoms with Gasteiger partial charge in [0.1, 0.15) is 0 Å². The topological polar surface area (TPSA) is 283 Å². The maximum absolute atomic E-state index is 11.2. The molecule has 0 unspecified atom stereocenters. The van der Waals surface area contributed by atoms with Gasteiger partial charge in [-0.3, -0.25) is 0 Å². The summed E-state index contributed by atoms with van der Waals surface area (Å²) in [6.07, 6.45) is -13.4. The molecule has 14 N–H and O–H groups in total. The number of hydrogen-bond acceptors (Lipinski definition) is 14. The van der Waals surface area contributed by atoms with Gasteiger partial charge in [0, 0.05) is 0 Å². The summed E-state index contributed by atoms with van der Waals surface area (Å²) < 4.78 is 0. The van der Waals surface area contributed by atoms with Crippen LogP contribution in [0, 0.1) is 0 Å². The Morgan fingerprint density at radius 1 is 0.180 bits per heavy atom. The van der Waals surface area contributed by atoms with Crippen molar-refractivity contribution in [3.63, 3.8) is 0 Å². The molecule has 50 heavy (non-hydrogen) atoms. The van der Waals surface area contributed by atoms with E-state index < -0.39 is 125 Å². The third-order valence-corrected chi connectivity index (χ3v) is 45.7. The third kappa shape index (κ3) is 12.2. The molecule has 0 fully saturated rings. The van der Waals surface area contributed by atoms with Gasteiger partial charge in [0.2, 0.25) is 0 Å². The van der Waals surface area contributed by atoms with Crippen molar-refractivity contribution in [2.75, 3.05) is 150 Å². The van der Waals surface area contributed by atoms with Gasteiger partial charge in [0.15, 0.2) is 0 Å². The van der Waals surface area contributed by atoms with Crippen LogP contribution in [-0.4, -0.2) is 222 Å². The molecule has 14 nitrogen and oxygen atoms in total. The van der Waals surface area contributed by atoms with Crippen LogP contribution in [0.2, 0.25) is 0 Å². The van der Waals surface area contributed by atoms with Gasteiger partial charge in [-0.2, -0.15) is 0 Å². The molecule has 0 aromatic heterocycles. The molecule has 0 radical (unpaired) electrons. The van der Waals surface area contributed by atoms with Crippen molar-refractivity contribution in [3.8, 4) is 0 Å². The van der Waals surface area contributed by atoms with Gasteiger partial charge in [-0.1, -0.05) is 0 Å². The third-order valence-electron chi connectivity index (χ3n) is 11.0. The fourth-order valence-corrected chi connectivity index (χ4v) is 36.7. The number of rotatable bonds is 29. The van der Waals surface area contributed by atoms with Crippen LogP contribution in [0.15, 0.2) is 0 Å². The maximum atomic E-state index is 11.2. The molecule has 0 atom stereocenters. The summed E-state index contributed by atoms with van der Waals surface area (Å²) in [6, 6.07) is 0. The van der Waals surface area contributed by atoms with Crippen LogP contribution in [0.5, 0.6) is 0 Å². The molecule has 0 bridgehead atoms. The van der Waals surface area contributed by atoms with Crippen LogP contribution in [-0.2, 0) is 0 Å². The van der Waals surface area contributed by atoms with Crippen molar-refractivity contribution in [1.29, 1.82) is 0 Å². The van der Waals surface area contributed by atoms with E-state index in [1.165, 1.54) is 0 Å². The summed E-state index contributed by atoms with van der Waals surface area (Å²) in [5.74, 6) is -25.5. The Morgan fingerprint density at radius 3 is 0.340 bits per heavy atom. The summed E-state index contributed by atoms with van der Waals surface area (Å²) in [5.41, 5.74) is 0. The Morgan fingerprint density at radius 2 is 0.260 bits per heavy atom. The summed E-state index contributed by atoms with van der Waals surface area (Å²) in [7, 11) is 0. The Hall–Kier alpha value is 3.76. The van der Waals surface area contributed by atoms with Gasteiger partial charge in [0.05, 0.1) is 0 Å². The standard InChI is InChI=1S/C24H62Cl6O14P6/c25-45(11-31,3-7-47(27,13-33,14-34)15-35,4-8-48(28,16-36,17-37)18-38)1-2-46(26,12-32,5-9-49(29,19-39,20-40)21-41)6-10-50(30,22-42,23-43)24-44/h31-44H,1-24H2. The Labute approximate surface area is 323 Å². The zero-order valence-electron chi connectivity index (χ0n) is 28.2. The Balaban J connectivity index is 7.61. The minimum atomic E-state index is -4.36. The molecule has 0 amide bonds. The molecule has 0 saturated heterocycles. The fraction of sp³-hybridized carbons (Fsp3) is 1.00. The van der Waals surface area contributed by atoms with Gasteiger partial charge in [-0.05, 0) is 0 Å². The van der Waals surface area contributed by atoms with Crippen molar-refractivity contribution >= 4 is 103 Å². The molecule has 0 aromatic carbocycles. The normalized spacial score (nSPS) is 19.0. The number of aliphatic hydroxyl groups is 14. The van der Waals surface area contributed by atoms with E-state index in [4.69, 9.17) is 67.4 Å². The second kappa shape index (κ2) is 18.4. The first kappa shape index (κ1) is 53.8. The monoisotopic (exact) mass is 970 g/mol. The van der Waals surface area contributed by atoms with Gasteiger partial charge < -0.3 is 0 Å². The molecule has 0 aliphatic heterocycles. The summed E-state index contributed by atoms with van der Waals surface area (Å²) in [4.78, 5) is 0. The van der Waals surface area contributed by atoms with Crippen LogP contribution < -0.4 is 0 Å². The SMILES string of the molecule is OCP(Cl)(CO)(CO)CCP(Cl)(CO)(CCP(Cl)(CO)(CO)CO)CCP(Cl)(CO)(CCP(Cl)(CO)(CO)CO)CCP(Cl)(CO)(CO)CO. The number of hydrogen-bond donors (Lipinski definition) is 14. The molecule has 0 saturated carbocycles. The van der Waals surface area contributed by atoms with Gasteiger partial charge in [-0.25, -0.2) is 0 Å². The molecular weight excluding hydrogens is 911 g/mol. The summed E-state index contributed by atoms with van der Waals surface area (Å²) in [6.45, 7) is 0. The van der Waals surface area contributed by atoms with Gasteiger partial charge in [-0.15, -0.1) is 0 Å². The van der Waals surface area contributed by atoms with E-state index in [1.54, 1.807) is 0 Å². The van der Waals surface area contributed by atoms with Gasteiger partial charge in [0.25, 0.3) is 0 Å². The molecule has 0 spiro atoms. The first-order chi connectivity index (χ1) is 22.7. The van der Waals surface area contributed by atoms with Crippen LogP contribution in [0.1, 0.15) is 0 Å². The molecule has 314 valence electrons. The zero-order valence-corrected chi connectivity index (χ0v) is 38.1. The molecular formula is C24H62Cl6O14P6. The number of aliphatic hydroxyl groups excluding tert-OH is 14. The fourth-order valence-electron chi connectivity index (χ4n) is 4.98. The first-order valence-electron chi connectivity index (χ1n) is 15.5. The van der Waals surface area contributed by atoms with E-state index in [9.17, 15) is 71.5 Å². The summed E-state index contributed by atoms with van der Waals surface area (Å²) >= 11 is 42.2. The predicted octanol–water partition coefficient (Wildman–Crippen LogP) is 2.53. The van der Waals surface area contributed by atoms with Crippen molar-refractivity contribution in [3.05, 3.63) is 0 Å².